The van der Waals surface area contributed by atoms with Gasteiger partial charge in [0.1, 0.15) is 6.26 Å². The van der Waals surface area contributed by atoms with Crippen molar-refractivity contribution in [3.63, 3.8) is 0 Å². The van der Waals surface area contributed by atoms with Gasteiger partial charge in [0.25, 0.3) is 5.91 Å². The number of nitrogens with one attached hydrogen (secondary N) is 1. The highest BCUT2D eigenvalue weighted by molar-refractivity contribution is 5.93. The Bertz CT molecular complexity index is 421. The normalized spacial score (nSPS) is 20.8. The molecule has 1 unspecified atom stereocenters. The summed E-state index contributed by atoms with van der Waals surface area (Å²) in [6.07, 6.45) is 1.22. The summed E-state index contributed by atoms with van der Waals surface area (Å²) in [6, 6.07) is 3.06. The number of piperazine rings is 1. The second-order valence-electron chi connectivity index (χ2n) is 3.95. The summed E-state index contributed by atoms with van der Waals surface area (Å²) in [4.78, 5) is 24.5. The van der Waals surface area contributed by atoms with Crippen LogP contribution in [0.3, 0.4) is 0 Å². The summed E-state index contributed by atoms with van der Waals surface area (Å²) in [7, 11) is 0. The Balaban J connectivity index is 2.12. The second-order valence-corrected chi connectivity index (χ2v) is 3.95. The minimum Gasteiger partial charge on any atom is -0.430 e. The number of carbonyl (C=O) groups is 1. The van der Waals surface area contributed by atoms with Crippen LogP contribution in [0.2, 0.25) is 0 Å². The number of nitrogens with zero attached hydrogens (tertiary/aromatic N) is 1. The largest absolute Gasteiger partial charge is 0.430 e. The van der Waals surface area contributed by atoms with E-state index in [1.165, 1.54) is 18.4 Å². The zero-order chi connectivity index (χ0) is 11.5. The molecule has 5 heteroatoms. The number of rotatable bonds is 1. The van der Waals surface area contributed by atoms with Gasteiger partial charge in [0.2, 0.25) is 0 Å². The van der Waals surface area contributed by atoms with Gasteiger partial charge in [-0.1, -0.05) is 0 Å². The van der Waals surface area contributed by atoms with E-state index < -0.39 is 5.63 Å². The van der Waals surface area contributed by atoms with Crippen molar-refractivity contribution in [2.24, 2.45) is 0 Å². The first kappa shape index (κ1) is 10.9. The van der Waals surface area contributed by atoms with Crippen LogP contribution in [-0.4, -0.2) is 36.5 Å². The third-order valence-electron chi connectivity index (χ3n) is 2.60. The van der Waals surface area contributed by atoms with Crippen LogP contribution in [0, 0.1) is 0 Å². The fraction of sp³-hybridized carbons (Fsp3) is 0.455. The Morgan fingerprint density at radius 3 is 3.00 bits per heavy atom. The first-order chi connectivity index (χ1) is 7.66. The third-order valence-corrected chi connectivity index (χ3v) is 2.60. The zero-order valence-corrected chi connectivity index (χ0v) is 9.10. The molecule has 1 aromatic rings. The maximum absolute atomic E-state index is 12.0. The van der Waals surface area contributed by atoms with Crippen LogP contribution >= 0.6 is 0 Å². The molecule has 5 nitrogen and oxygen atoms in total. The van der Waals surface area contributed by atoms with E-state index in [-0.39, 0.29) is 5.91 Å². The molecule has 0 saturated carbocycles. The topological polar surface area (TPSA) is 62.6 Å². The molecule has 2 heterocycles. The van der Waals surface area contributed by atoms with E-state index in [0.29, 0.717) is 24.7 Å². The first-order valence-corrected chi connectivity index (χ1v) is 5.28. The Kier molecular flexibility index (Phi) is 3.05. The first-order valence-electron chi connectivity index (χ1n) is 5.28. The Morgan fingerprint density at radius 1 is 1.56 bits per heavy atom. The van der Waals surface area contributed by atoms with Crippen molar-refractivity contribution >= 4 is 5.91 Å². The van der Waals surface area contributed by atoms with Gasteiger partial charge in [-0.15, -0.1) is 0 Å². The molecule has 16 heavy (non-hydrogen) atoms. The van der Waals surface area contributed by atoms with Crippen molar-refractivity contribution < 1.29 is 9.21 Å². The summed E-state index contributed by atoms with van der Waals surface area (Å²) < 4.78 is 4.68. The van der Waals surface area contributed by atoms with Crippen molar-refractivity contribution in [1.82, 2.24) is 10.2 Å². The van der Waals surface area contributed by atoms with E-state index in [4.69, 9.17) is 0 Å². The molecule has 0 bridgehead atoms. The second kappa shape index (κ2) is 4.49. The van der Waals surface area contributed by atoms with E-state index in [1.54, 1.807) is 4.90 Å². The molecule has 1 aromatic heterocycles. The predicted molar refractivity (Wildman–Crippen MR) is 58.3 cm³/mol. The highest BCUT2D eigenvalue weighted by Gasteiger charge is 2.21. The SMILES string of the molecule is CC1CN(C(=O)c2ccc(=O)oc2)CCN1. The molecule has 2 rings (SSSR count). The summed E-state index contributed by atoms with van der Waals surface area (Å²) in [5, 5.41) is 3.26. The standard InChI is InChI=1S/C11H14N2O3/c1-8-6-13(5-4-12-8)11(15)9-2-3-10(14)16-7-9/h2-3,7-8,12H,4-6H2,1H3. The number of hydrogen-bond acceptors (Lipinski definition) is 4. The van der Waals surface area contributed by atoms with Crippen molar-refractivity contribution in [2.75, 3.05) is 19.6 Å². The van der Waals surface area contributed by atoms with Gasteiger partial charge in [-0.05, 0) is 13.0 Å². The van der Waals surface area contributed by atoms with Gasteiger partial charge in [0.15, 0.2) is 0 Å². The molecule has 1 N–H and O–H groups in total. The Labute approximate surface area is 93.1 Å². The molecular weight excluding hydrogens is 208 g/mol. The molecule has 1 fully saturated rings. The van der Waals surface area contributed by atoms with Gasteiger partial charge in [-0.2, -0.15) is 0 Å². The lowest BCUT2D eigenvalue weighted by molar-refractivity contribution is 0.0706. The fourth-order valence-corrected chi connectivity index (χ4v) is 1.78. The van der Waals surface area contributed by atoms with Crippen LogP contribution in [-0.2, 0) is 0 Å². The van der Waals surface area contributed by atoms with E-state index in [2.05, 4.69) is 9.73 Å². The van der Waals surface area contributed by atoms with Crippen LogP contribution in [0.4, 0.5) is 0 Å². The minimum atomic E-state index is -0.440. The van der Waals surface area contributed by atoms with Crippen molar-refractivity contribution in [3.8, 4) is 0 Å². The molecule has 1 atom stereocenters. The van der Waals surface area contributed by atoms with Crippen LogP contribution in [0.1, 0.15) is 17.3 Å². The predicted octanol–water partition coefficient (Wildman–Crippen LogP) is 0.0737. The van der Waals surface area contributed by atoms with Crippen LogP contribution in [0.25, 0.3) is 0 Å². The summed E-state index contributed by atoms with van der Waals surface area (Å²) >= 11 is 0. The van der Waals surface area contributed by atoms with E-state index >= 15 is 0 Å². The maximum Gasteiger partial charge on any atom is 0.335 e. The molecule has 1 aliphatic heterocycles. The molecule has 1 aliphatic rings. The highest BCUT2D eigenvalue weighted by atomic mass is 16.4. The van der Waals surface area contributed by atoms with Crippen LogP contribution in [0.5, 0.6) is 0 Å². The molecule has 0 aromatic carbocycles. The summed E-state index contributed by atoms with van der Waals surface area (Å²) in [5.41, 5.74) is -0.0149. The van der Waals surface area contributed by atoms with E-state index in [1.807, 2.05) is 6.92 Å². The van der Waals surface area contributed by atoms with Gasteiger partial charge in [0.05, 0.1) is 5.56 Å². The van der Waals surface area contributed by atoms with Crippen molar-refractivity contribution in [2.45, 2.75) is 13.0 Å². The van der Waals surface area contributed by atoms with Crippen LogP contribution < -0.4 is 10.9 Å². The zero-order valence-electron chi connectivity index (χ0n) is 9.10. The van der Waals surface area contributed by atoms with Gasteiger partial charge in [0, 0.05) is 31.7 Å². The molecule has 1 amide bonds. The third kappa shape index (κ3) is 2.30. The van der Waals surface area contributed by atoms with Gasteiger partial charge in [-0.3, -0.25) is 4.79 Å². The Morgan fingerprint density at radius 2 is 2.38 bits per heavy atom. The number of amides is 1. The van der Waals surface area contributed by atoms with Crippen molar-refractivity contribution in [1.29, 1.82) is 0 Å². The van der Waals surface area contributed by atoms with E-state index in [9.17, 15) is 9.59 Å². The van der Waals surface area contributed by atoms with Crippen LogP contribution in [0.15, 0.2) is 27.6 Å². The average molecular weight is 222 g/mol. The smallest absolute Gasteiger partial charge is 0.335 e. The lowest BCUT2D eigenvalue weighted by atomic mass is 10.2. The van der Waals surface area contributed by atoms with Gasteiger partial charge < -0.3 is 14.6 Å². The number of hydrogen-bond donors (Lipinski definition) is 1. The monoisotopic (exact) mass is 222 g/mol. The lowest BCUT2D eigenvalue weighted by Gasteiger charge is -2.31. The molecular formula is C11H14N2O3. The summed E-state index contributed by atoms with van der Waals surface area (Å²) in [6.45, 7) is 4.19. The summed E-state index contributed by atoms with van der Waals surface area (Å²) in [5.74, 6) is -0.0860. The lowest BCUT2D eigenvalue weighted by Crippen LogP contribution is -2.51. The van der Waals surface area contributed by atoms with Gasteiger partial charge >= 0.3 is 5.63 Å². The molecule has 0 radical (unpaired) electrons. The fourth-order valence-electron chi connectivity index (χ4n) is 1.78. The van der Waals surface area contributed by atoms with Gasteiger partial charge in [-0.25, -0.2) is 4.79 Å². The van der Waals surface area contributed by atoms with Crippen molar-refractivity contribution in [3.05, 3.63) is 34.4 Å². The molecule has 0 spiro atoms. The quantitative estimate of drug-likeness (QED) is 0.730. The molecule has 1 saturated heterocycles. The average Bonchev–Trinajstić information content (AvgIpc) is 2.29. The highest BCUT2D eigenvalue weighted by Crippen LogP contribution is 2.06. The molecule has 86 valence electrons. The number of carbonyl (C=O) groups excluding carboxylic acids is 1. The van der Waals surface area contributed by atoms with E-state index in [0.717, 1.165) is 6.54 Å². The maximum atomic E-state index is 12.0. The molecule has 0 aliphatic carbocycles. The Hall–Kier alpha value is -1.62. The minimum absolute atomic E-state index is 0.0860.